The number of aryl methyl sites for hydroxylation is 1. The van der Waals surface area contributed by atoms with Gasteiger partial charge in [-0.25, -0.2) is 9.78 Å². The SMILES string of the molecule is CCN(CCNc1cc(C(=O)O)cc(C)n1)C1CC1. The fraction of sp³-hybridized carbons (Fsp3) is 0.571. The highest BCUT2D eigenvalue weighted by atomic mass is 16.4. The second-order valence-corrected chi connectivity index (χ2v) is 4.97. The molecular weight excluding hydrogens is 242 g/mol. The van der Waals surface area contributed by atoms with Gasteiger partial charge in [-0.05, 0) is 38.4 Å². The van der Waals surface area contributed by atoms with E-state index in [0.29, 0.717) is 5.82 Å². The molecule has 2 N–H and O–H groups in total. The predicted octanol–water partition coefficient (Wildman–Crippen LogP) is 1.98. The largest absolute Gasteiger partial charge is 0.478 e. The van der Waals surface area contributed by atoms with Crippen molar-refractivity contribution >= 4 is 11.8 Å². The molecule has 1 saturated carbocycles. The van der Waals surface area contributed by atoms with Crippen molar-refractivity contribution in [2.75, 3.05) is 25.0 Å². The molecule has 0 aliphatic heterocycles. The summed E-state index contributed by atoms with van der Waals surface area (Å²) >= 11 is 0. The van der Waals surface area contributed by atoms with Crippen LogP contribution < -0.4 is 5.32 Å². The van der Waals surface area contributed by atoms with Gasteiger partial charge in [0.25, 0.3) is 0 Å². The maximum atomic E-state index is 11.0. The van der Waals surface area contributed by atoms with Gasteiger partial charge in [-0.15, -0.1) is 0 Å². The van der Waals surface area contributed by atoms with E-state index in [-0.39, 0.29) is 5.56 Å². The van der Waals surface area contributed by atoms with Crippen molar-refractivity contribution in [3.8, 4) is 0 Å². The van der Waals surface area contributed by atoms with Crippen LogP contribution in [0, 0.1) is 6.92 Å². The lowest BCUT2D eigenvalue weighted by molar-refractivity contribution is 0.0696. The normalized spacial score (nSPS) is 14.7. The number of hydrogen-bond acceptors (Lipinski definition) is 4. The zero-order valence-electron chi connectivity index (χ0n) is 11.5. The van der Waals surface area contributed by atoms with Crippen molar-refractivity contribution in [1.29, 1.82) is 0 Å². The molecule has 5 nitrogen and oxygen atoms in total. The molecule has 1 aliphatic rings. The van der Waals surface area contributed by atoms with Gasteiger partial charge in [0.05, 0.1) is 5.56 Å². The lowest BCUT2D eigenvalue weighted by Gasteiger charge is -2.20. The fourth-order valence-corrected chi connectivity index (χ4v) is 2.25. The number of nitrogens with one attached hydrogen (secondary N) is 1. The Balaban J connectivity index is 1.89. The number of carboxylic acid groups (broad SMARTS) is 1. The van der Waals surface area contributed by atoms with E-state index in [9.17, 15) is 4.79 Å². The van der Waals surface area contributed by atoms with Crippen molar-refractivity contribution in [3.63, 3.8) is 0 Å². The molecule has 1 aromatic rings. The van der Waals surface area contributed by atoms with Gasteiger partial charge in [-0.2, -0.15) is 0 Å². The smallest absolute Gasteiger partial charge is 0.335 e. The zero-order valence-corrected chi connectivity index (χ0v) is 11.5. The summed E-state index contributed by atoms with van der Waals surface area (Å²) in [5, 5.41) is 12.2. The molecule has 0 spiro atoms. The number of carbonyl (C=O) groups is 1. The van der Waals surface area contributed by atoms with E-state index in [1.165, 1.54) is 12.8 Å². The van der Waals surface area contributed by atoms with Gasteiger partial charge in [0.1, 0.15) is 5.82 Å². The van der Waals surface area contributed by atoms with E-state index in [1.54, 1.807) is 19.1 Å². The Morgan fingerprint density at radius 2 is 2.26 bits per heavy atom. The topological polar surface area (TPSA) is 65.5 Å². The van der Waals surface area contributed by atoms with Crippen molar-refractivity contribution in [2.45, 2.75) is 32.7 Å². The van der Waals surface area contributed by atoms with Crippen LogP contribution in [-0.2, 0) is 0 Å². The standard InChI is InChI=1S/C14H21N3O2/c1-3-17(12-4-5-12)7-6-15-13-9-11(14(18)19)8-10(2)16-13/h8-9,12H,3-7H2,1-2H3,(H,15,16)(H,18,19). The summed E-state index contributed by atoms with van der Waals surface area (Å²) in [7, 11) is 0. The lowest BCUT2D eigenvalue weighted by atomic mass is 10.2. The molecule has 1 heterocycles. The molecule has 0 bridgehead atoms. The summed E-state index contributed by atoms with van der Waals surface area (Å²) in [6.45, 7) is 6.80. The van der Waals surface area contributed by atoms with Crippen LogP contribution in [0.3, 0.4) is 0 Å². The summed E-state index contributed by atoms with van der Waals surface area (Å²) < 4.78 is 0. The first-order valence-corrected chi connectivity index (χ1v) is 6.80. The summed E-state index contributed by atoms with van der Waals surface area (Å²) in [5.41, 5.74) is 1.00. The number of hydrogen-bond donors (Lipinski definition) is 2. The molecule has 0 atom stereocenters. The molecule has 1 aliphatic carbocycles. The van der Waals surface area contributed by atoms with E-state index in [1.807, 2.05) is 0 Å². The van der Waals surface area contributed by atoms with Gasteiger partial charge < -0.3 is 10.4 Å². The Labute approximate surface area is 113 Å². The molecule has 0 radical (unpaired) electrons. The summed E-state index contributed by atoms with van der Waals surface area (Å²) in [6, 6.07) is 3.92. The molecule has 104 valence electrons. The first-order chi connectivity index (χ1) is 9.10. The molecular formula is C14H21N3O2. The summed E-state index contributed by atoms with van der Waals surface area (Å²) in [5.74, 6) is -0.272. The average Bonchev–Trinajstić information content (AvgIpc) is 3.18. The Bertz CT molecular complexity index is 458. The maximum absolute atomic E-state index is 11.0. The third-order valence-electron chi connectivity index (χ3n) is 3.37. The van der Waals surface area contributed by atoms with Crippen LogP contribution in [0.15, 0.2) is 12.1 Å². The van der Waals surface area contributed by atoms with Gasteiger partial charge in [0.15, 0.2) is 0 Å². The van der Waals surface area contributed by atoms with Crippen molar-refractivity contribution in [1.82, 2.24) is 9.88 Å². The molecule has 2 rings (SSSR count). The van der Waals surface area contributed by atoms with Crippen LogP contribution in [0.1, 0.15) is 35.8 Å². The molecule has 0 amide bonds. The number of likely N-dealkylation sites (N-methyl/N-ethyl adjacent to an activating group) is 1. The number of carboxylic acids is 1. The maximum Gasteiger partial charge on any atom is 0.335 e. The number of nitrogens with zero attached hydrogens (tertiary/aromatic N) is 2. The minimum Gasteiger partial charge on any atom is -0.478 e. The van der Waals surface area contributed by atoms with Crippen LogP contribution in [0.2, 0.25) is 0 Å². The Morgan fingerprint density at radius 3 is 2.84 bits per heavy atom. The molecule has 1 fully saturated rings. The van der Waals surface area contributed by atoms with Gasteiger partial charge in [0, 0.05) is 24.8 Å². The molecule has 0 saturated heterocycles. The number of aromatic nitrogens is 1. The summed E-state index contributed by atoms with van der Waals surface area (Å²) in [4.78, 5) is 17.7. The number of aromatic carboxylic acids is 1. The van der Waals surface area contributed by atoms with Crippen LogP contribution in [0.4, 0.5) is 5.82 Å². The Hall–Kier alpha value is -1.62. The van der Waals surface area contributed by atoms with E-state index >= 15 is 0 Å². The third-order valence-corrected chi connectivity index (χ3v) is 3.37. The van der Waals surface area contributed by atoms with E-state index in [0.717, 1.165) is 31.4 Å². The Kier molecular flexibility index (Phi) is 4.37. The van der Waals surface area contributed by atoms with Crippen molar-refractivity contribution in [3.05, 3.63) is 23.4 Å². The zero-order chi connectivity index (χ0) is 13.8. The van der Waals surface area contributed by atoms with E-state index < -0.39 is 5.97 Å². The number of pyridine rings is 1. The monoisotopic (exact) mass is 263 g/mol. The van der Waals surface area contributed by atoms with Crippen LogP contribution in [0.5, 0.6) is 0 Å². The van der Waals surface area contributed by atoms with E-state index in [2.05, 4.69) is 22.1 Å². The summed E-state index contributed by atoms with van der Waals surface area (Å²) in [6.07, 6.45) is 2.61. The first-order valence-electron chi connectivity index (χ1n) is 6.80. The van der Waals surface area contributed by atoms with Gasteiger partial charge in [-0.1, -0.05) is 6.92 Å². The highest BCUT2D eigenvalue weighted by molar-refractivity contribution is 5.88. The van der Waals surface area contributed by atoms with Crippen molar-refractivity contribution in [2.24, 2.45) is 0 Å². The third kappa shape index (κ3) is 3.92. The minimum atomic E-state index is -0.915. The average molecular weight is 263 g/mol. The number of anilines is 1. The second-order valence-electron chi connectivity index (χ2n) is 4.97. The van der Waals surface area contributed by atoms with Crippen LogP contribution in [0.25, 0.3) is 0 Å². The molecule has 1 aromatic heterocycles. The van der Waals surface area contributed by atoms with E-state index in [4.69, 9.17) is 5.11 Å². The van der Waals surface area contributed by atoms with Crippen molar-refractivity contribution < 1.29 is 9.90 Å². The molecule has 5 heteroatoms. The molecule has 19 heavy (non-hydrogen) atoms. The van der Waals surface area contributed by atoms with Crippen LogP contribution in [-0.4, -0.2) is 46.6 Å². The number of rotatable bonds is 7. The Morgan fingerprint density at radius 1 is 1.53 bits per heavy atom. The highest BCUT2D eigenvalue weighted by Gasteiger charge is 2.27. The molecule has 0 unspecified atom stereocenters. The predicted molar refractivity (Wildman–Crippen MR) is 74.7 cm³/mol. The first kappa shape index (κ1) is 13.8. The highest BCUT2D eigenvalue weighted by Crippen LogP contribution is 2.25. The second kappa shape index (κ2) is 6.02. The minimum absolute atomic E-state index is 0.282. The molecule has 0 aromatic carbocycles. The van der Waals surface area contributed by atoms with Gasteiger partial charge >= 0.3 is 5.97 Å². The lowest BCUT2D eigenvalue weighted by Crippen LogP contribution is -2.31. The fourth-order valence-electron chi connectivity index (χ4n) is 2.25. The quantitative estimate of drug-likeness (QED) is 0.787. The van der Waals surface area contributed by atoms with Gasteiger partial charge in [-0.3, -0.25) is 4.90 Å². The van der Waals surface area contributed by atoms with Crippen LogP contribution >= 0.6 is 0 Å². The van der Waals surface area contributed by atoms with Gasteiger partial charge in [0.2, 0.25) is 0 Å².